The van der Waals surface area contributed by atoms with Crippen LogP contribution in [0.4, 0.5) is 5.69 Å². The Bertz CT molecular complexity index is 1560. The zero-order valence-corrected chi connectivity index (χ0v) is 28.4. The molecule has 0 unspecified atom stereocenters. The number of unbranched alkanes of at least 4 members (excludes halogenated alkanes) is 1. The van der Waals surface area contributed by atoms with Gasteiger partial charge in [0.25, 0.3) is 5.91 Å². The van der Waals surface area contributed by atoms with Crippen LogP contribution in [-0.4, -0.2) is 61.7 Å². The Morgan fingerprint density at radius 1 is 1.24 bits per heavy atom. The molecule has 3 aliphatic rings. The lowest BCUT2D eigenvalue weighted by Crippen LogP contribution is -2.49. The quantitative estimate of drug-likeness (QED) is 0.239. The van der Waals surface area contributed by atoms with E-state index in [2.05, 4.69) is 41.3 Å². The fourth-order valence-electron chi connectivity index (χ4n) is 7.20. The molecule has 1 amide bonds. The molecule has 1 heterocycles. The lowest BCUT2D eigenvalue weighted by molar-refractivity contribution is 0.0456. The molecular weight excluding hydrogens is 624 g/mol. The Hall–Kier alpha value is -2.85. The van der Waals surface area contributed by atoms with Crippen LogP contribution in [0, 0.1) is 11.8 Å². The van der Waals surface area contributed by atoms with E-state index in [0.717, 1.165) is 50.6 Å². The van der Waals surface area contributed by atoms with E-state index < -0.39 is 33.4 Å². The van der Waals surface area contributed by atoms with Crippen molar-refractivity contribution in [2.24, 2.45) is 11.8 Å². The van der Waals surface area contributed by atoms with Crippen molar-refractivity contribution in [1.82, 2.24) is 4.72 Å². The van der Waals surface area contributed by atoms with Gasteiger partial charge >= 0.3 is 0 Å². The molecule has 0 bridgehead atoms. The zero-order chi connectivity index (χ0) is 33.1. The van der Waals surface area contributed by atoms with Crippen molar-refractivity contribution in [3.8, 4) is 5.75 Å². The van der Waals surface area contributed by atoms with Crippen molar-refractivity contribution < 1.29 is 28.2 Å². The number of benzene rings is 2. The molecule has 1 saturated carbocycles. The zero-order valence-electron chi connectivity index (χ0n) is 26.8. The molecule has 2 aromatic rings. The second-order valence-electron chi connectivity index (χ2n) is 13.3. The number of halogens is 1. The number of hydrogen-bond acceptors (Lipinski definition) is 7. The van der Waals surface area contributed by atoms with Crippen LogP contribution in [0.1, 0.15) is 80.3 Å². The number of carbonyl (C=O) groups excluding carboxylic acids is 1. The highest BCUT2D eigenvalue weighted by Gasteiger charge is 2.44. The van der Waals surface area contributed by atoms with Crippen molar-refractivity contribution in [2.45, 2.75) is 88.1 Å². The van der Waals surface area contributed by atoms with Gasteiger partial charge in [-0.25, -0.2) is 13.1 Å². The van der Waals surface area contributed by atoms with E-state index >= 15 is 0 Å². The molecule has 0 saturated heterocycles. The number of hydrogen-bond donors (Lipinski definition) is 3. The SMILES string of the molecule is C=CC[C@@H](O)[C@H](C)S(=O)(=O)NC(=O)c1ccc2c(c1)N(C[C@@H]1CC[C@H]1[C@@H](O)/C=C/CCC)C[C@@]1(CCCc3cc(Cl)ccc31)CO2. The highest BCUT2D eigenvalue weighted by molar-refractivity contribution is 7.90. The number of nitrogens with one attached hydrogen (secondary N) is 1. The average molecular weight is 671 g/mol. The number of allylic oxidation sites excluding steroid dienone is 1. The Morgan fingerprint density at radius 2 is 2.04 bits per heavy atom. The first-order chi connectivity index (χ1) is 22.0. The van der Waals surface area contributed by atoms with Gasteiger partial charge in [0.2, 0.25) is 10.0 Å². The second-order valence-corrected chi connectivity index (χ2v) is 15.7. The smallest absolute Gasteiger partial charge is 0.264 e. The summed E-state index contributed by atoms with van der Waals surface area (Å²) in [6, 6.07) is 11.1. The molecule has 3 N–H and O–H groups in total. The van der Waals surface area contributed by atoms with Crippen LogP contribution in [0.2, 0.25) is 5.02 Å². The summed E-state index contributed by atoms with van der Waals surface area (Å²) in [6.07, 6.45) is 10.6. The first-order valence-electron chi connectivity index (χ1n) is 16.5. The van der Waals surface area contributed by atoms with Crippen molar-refractivity contribution in [1.29, 1.82) is 0 Å². The Labute approximate surface area is 278 Å². The third-order valence-corrected chi connectivity index (χ3v) is 12.1. The van der Waals surface area contributed by atoms with Gasteiger partial charge in [0.15, 0.2) is 0 Å². The van der Waals surface area contributed by atoms with E-state index in [-0.39, 0.29) is 29.2 Å². The largest absolute Gasteiger partial charge is 0.490 e. The monoisotopic (exact) mass is 670 g/mol. The number of amides is 1. The van der Waals surface area contributed by atoms with Crippen molar-refractivity contribution in [3.05, 3.63) is 82.9 Å². The van der Waals surface area contributed by atoms with E-state index in [1.165, 1.54) is 24.1 Å². The molecule has 250 valence electrons. The summed E-state index contributed by atoms with van der Waals surface area (Å²) in [5, 5.41) is 20.8. The number of nitrogens with zero attached hydrogens (tertiary/aromatic N) is 1. The molecule has 1 spiro atoms. The van der Waals surface area contributed by atoms with E-state index in [4.69, 9.17) is 16.3 Å². The van der Waals surface area contributed by atoms with Crippen LogP contribution in [0.3, 0.4) is 0 Å². The maximum Gasteiger partial charge on any atom is 0.264 e. The standard InChI is InChI=1S/C36H47ClN2O6S/c1-4-6-7-11-33(41)29-15-12-27(29)21-39-22-36(18-8-10-25-19-28(37)14-16-30(25)36)23-45-34-17-13-26(20-31(34)39)35(42)38-46(43,44)24(3)32(40)9-5-2/h5,7,11,13-14,16-17,19-20,24,27,29,32-33,40-41H,2,4,6,8-10,12,15,18,21-23H2,1,3H3,(H,38,42)/b11-7+/t24-,27-,29+,32+,33-,36-/m0/s1. The number of aryl methyl sites for hydroxylation is 1. The molecule has 1 aliphatic heterocycles. The van der Waals surface area contributed by atoms with Gasteiger partial charge in [-0.2, -0.15) is 0 Å². The Kier molecular flexibility index (Phi) is 10.9. The molecular formula is C36H47ClN2O6S. The fourth-order valence-corrected chi connectivity index (χ4v) is 8.49. The number of carbonyl (C=O) groups is 1. The molecule has 1 fully saturated rings. The van der Waals surface area contributed by atoms with Gasteiger partial charge in [0, 0.05) is 29.1 Å². The molecule has 0 aromatic heterocycles. The predicted octanol–water partition coefficient (Wildman–Crippen LogP) is 5.94. The van der Waals surface area contributed by atoms with E-state index in [9.17, 15) is 23.4 Å². The Morgan fingerprint density at radius 3 is 2.76 bits per heavy atom. The molecule has 5 rings (SSSR count). The summed E-state index contributed by atoms with van der Waals surface area (Å²) in [6.45, 7) is 8.81. The average Bonchev–Trinajstić information content (AvgIpc) is 3.15. The third-order valence-electron chi connectivity index (χ3n) is 10.1. The second kappa shape index (κ2) is 14.5. The van der Waals surface area contributed by atoms with Crippen LogP contribution in [0.5, 0.6) is 5.75 Å². The van der Waals surface area contributed by atoms with Gasteiger partial charge < -0.3 is 19.8 Å². The van der Waals surface area contributed by atoms with Gasteiger partial charge in [-0.05, 0) is 105 Å². The number of aliphatic hydroxyl groups is 2. The van der Waals surface area contributed by atoms with Crippen LogP contribution in [0.15, 0.2) is 61.2 Å². The van der Waals surface area contributed by atoms with Crippen molar-refractivity contribution in [2.75, 3.05) is 24.6 Å². The number of aliphatic hydroxyl groups excluding tert-OH is 2. The highest BCUT2D eigenvalue weighted by atomic mass is 35.5. The Balaban J connectivity index is 1.47. The normalized spacial score (nSPS) is 24.6. The minimum atomic E-state index is -4.16. The maximum atomic E-state index is 13.4. The highest BCUT2D eigenvalue weighted by Crippen LogP contribution is 2.46. The van der Waals surface area contributed by atoms with Crippen LogP contribution < -0.4 is 14.4 Å². The first kappa shape index (κ1) is 34.5. The summed E-state index contributed by atoms with van der Waals surface area (Å²) in [5.41, 5.74) is 3.05. The fraction of sp³-hybridized carbons (Fsp3) is 0.528. The lowest BCUT2D eigenvalue weighted by Gasteiger charge is -2.45. The minimum absolute atomic E-state index is 0.0871. The number of fused-ring (bicyclic) bond motifs is 3. The minimum Gasteiger partial charge on any atom is -0.490 e. The number of sulfonamides is 1. The first-order valence-corrected chi connectivity index (χ1v) is 18.4. The van der Waals surface area contributed by atoms with Gasteiger partial charge in [-0.15, -0.1) is 6.58 Å². The summed E-state index contributed by atoms with van der Waals surface area (Å²) in [7, 11) is -4.16. The molecule has 2 aliphatic carbocycles. The van der Waals surface area contributed by atoms with Crippen LogP contribution >= 0.6 is 11.6 Å². The summed E-state index contributed by atoms with van der Waals surface area (Å²) in [5.74, 6) is 0.235. The molecule has 2 aromatic carbocycles. The molecule has 6 atom stereocenters. The van der Waals surface area contributed by atoms with Crippen molar-refractivity contribution >= 4 is 33.2 Å². The number of anilines is 1. The van der Waals surface area contributed by atoms with Gasteiger partial charge in [-0.1, -0.05) is 49.2 Å². The van der Waals surface area contributed by atoms with E-state index in [1.54, 1.807) is 18.2 Å². The van der Waals surface area contributed by atoms with Crippen LogP contribution in [-0.2, 0) is 21.9 Å². The number of rotatable bonds is 12. The molecule has 8 nitrogen and oxygen atoms in total. The lowest BCUT2D eigenvalue weighted by atomic mass is 9.68. The van der Waals surface area contributed by atoms with Gasteiger partial charge in [0.1, 0.15) is 11.0 Å². The number of ether oxygens (including phenoxy) is 1. The van der Waals surface area contributed by atoms with Crippen molar-refractivity contribution in [3.63, 3.8) is 0 Å². The van der Waals surface area contributed by atoms with E-state index in [1.807, 2.05) is 12.1 Å². The predicted molar refractivity (Wildman–Crippen MR) is 183 cm³/mol. The molecule has 46 heavy (non-hydrogen) atoms. The summed E-state index contributed by atoms with van der Waals surface area (Å²) < 4.78 is 34.6. The summed E-state index contributed by atoms with van der Waals surface area (Å²) in [4.78, 5) is 15.7. The topological polar surface area (TPSA) is 116 Å². The third kappa shape index (κ3) is 7.33. The van der Waals surface area contributed by atoms with E-state index in [0.29, 0.717) is 30.5 Å². The summed E-state index contributed by atoms with van der Waals surface area (Å²) >= 11 is 6.40. The molecule has 0 radical (unpaired) electrons. The van der Waals surface area contributed by atoms with Gasteiger partial charge in [0.05, 0.1) is 24.5 Å². The van der Waals surface area contributed by atoms with Gasteiger partial charge in [-0.3, -0.25) is 4.79 Å². The maximum absolute atomic E-state index is 13.4. The molecule has 10 heteroatoms. The van der Waals surface area contributed by atoms with Crippen LogP contribution in [0.25, 0.3) is 0 Å².